The van der Waals surface area contributed by atoms with Crippen LogP contribution in [0.5, 0.6) is 0 Å². The van der Waals surface area contributed by atoms with E-state index in [2.05, 4.69) is 5.32 Å². The van der Waals surface area contributed by atoms with Crippen molar-refractivity contribution < 1.29 is 19.1 Å². The molecule has 0 fully saturated rings. The van der Waals surface area contributed by atoms with Crippen molar-refractivity contribution in [3.05, 3.63) is 83.2 Å². The van der Waals surface area contributed by atoms with Gasteiger partial charge in [0.25, 0.3) is 11.8 Å². The van der Waals surface area contributed by atoms with Crippen LogP contribution in [0.2, 0.25) is 0 Å². The Morgan fingerprint density at radius 1 is 0.968 bits per heavy atom. The topological polar surface area (TPSA) is 75.7 Å². The predicted octanol–water partition coefficient (Wildman–Crippen LogP) is 4.31. The van der Waals surface area contributed by atoms with Crippen molar-refractivity contribution in [1.29, 1.82) is 0 Å². The molecule has 0 atom stereocenters. The first kappa shape index (κ1) is 22.0. The highest BCUT2D eigenvalue weighted by molar-refractivity contribution is 7.16. The number of nitrogens with zero attached hydrogens (tertiary/aromatic N) is 1. The number of thiophene rings is 1. The van der Waals surface area contributed by atoms with Crippen molar-refractivity contribution in [2.24, 2.45) is 0 Å². The Morgan fingerprint density at radius 3 is 2.35 bits per heavy atom. The lowest BCUT2D eigenvalue weighted by Gasteiger charge is -2.11. The molecule has 0 aliphatic carbocycles. The zero-order chi connectivity index (χ0) is 22.2. The second-order valence-electron chi connectivity index (χ2n) is 6.83. The van der Waals surface area contributed by atoms with Gasteiger partial charge in [-0.3, -0.25) is 9.59 Å². The van der Waals surface area contributed by atoms with E-state index in [4.69, 9.17) is 4.74 Å². The van der Waals surface area contributed by atoms with Gasteiger partial charge in [0.05, 0.1) is 0 Å². The maximum Gasteiger partial charge on any atom is 0.331 e. The number of carbonyl (C=O) groups is 3. The Balaban J connectivity index is 1.47. The molecule has 7 heteroatoms. The minimum absolute atomic E-state index is 0.125. The molecule has 0 saturated carbocycles. The van der Waals surface area contributed by atoms with E-state index < -0.39 is 18.5 Å². The number of esters is 1. The van der Waals surface area contributed by atoms with Crippen LogP contribution < -0.4 is 5.32 Å². The third kappa shape index (κ3) is 6.38. The molecule has 3 aromatic rings. The Labute approximate surface area is 184 Å². The molecule has 0 saturated heterocycles. The monoisotopic (exact) mass is 434 g/mol. The number of carbonyl (C=O) groups excluding carboxylic acids is 3. The van der Waals surface area contributed by atoms with Crippen LogP contribution in [0.25, 0.3) is 16.5 Å². The minimum Gasteiger partial charge on any atom is -0.452 e. The second-order valence-corrected chi connectivity index (χ2v) is 7.95. The smallest absolute Gasteiger partial charge is 0.331 e. The Kier molecular flexibility index (Phi) is 7.35. The van der Waals surface area contributed by atoms with Crippen molar-refractivity contribution in [2.45, 2.75) is 0 Å². The number of hydrogen-bond donors (Lipinski definition) is 1. The minimum atomic E-state index is -0.600. The molecule has 158 valence electrons. The van der Waals surface area contributed by atoms with Crippen molar-refractivity contribution in [2.75, 3.05) is 26.0 Å². The van der Waals surface area contributed by atoms with E-state index in [1.54, 1.807) is 55.8 Å². The van der Waals surface area contributed by atoms with Gasteiger partial charge >= 0.3 is 5.97 Å². The average Bonchev–Trinajstić information content (AvgIpc) is 3.26. The molecule has 1 N–H and O–H groups in total. The summed E-state index contributed by atoms with van der Waals surface area (Å²) in [5, 5.41) is 2.62. The largest absolute Gasteiger partial charge is 0.452 e. The molecule has 3 rings (SSSR count). The third-order valence-corrected chi connectivity index (χ3v) is 5.34. The second kappa shape index (κ2) is 10.4. The summed E-state index contributed by atoms with van der Waals surface area (Å²) in [5.41, 5.74) is 2.15. The van der Waals surface area contributed by atoms with Gasteiger partial charge in [-0.15, -0.1) is 11.3 Å². The van der Waals surface area contributed by atoms with E-state index in [1.165, 1.54) is 11.0 Å². The Bertz CT molecular complexity index is 1090. The summed E-state index contributed by atoms with van der Waals surface area (Å²) in [4.78, 5) is 39.3. The number of nitrogens with one attached hydrogen (secondary N) is 1. The fourth-order valence-corrected chi connectivity index (χ4v) is 3.60. The molecule has 1 aromatic heterocycles. The van der Waals surface area contributed by atoms with Gasteiger partial charge in [0.2, 0.25) is 0 Å². The van der Waals surface area contributed by atoms with Crippen LogP contribution in [0.15, 0.2) is 72.8 Å². The zero-order valence-corrected chi connectivity index (χ0v) is 18.0. The molecule has 0 radical (unpaired) electrons. The summed E-state index contributed by atoms with van der Waals surface area (Å²) in [7, 11) is 3.34. The highest BCUT2D eigenvalue weighted by atomic mass is 32.1. The SMILES string of the molecule is CN(C)C(=O)c1ccc(NC(=O)COC(=O)/C=C/c2ccc(-c3ccccc3)s2)cc1. The van der Waals surface area contributed by atoms with E-state index >= 15 is 0 Å². The first-order chi connectivity index (χ1) is 14.9. The van der Waals surface area contributed by atoms with Gasteiger partial charge in [-0.1, -0.05) is 30.3 Å². The number of amides is 2. The number of ether oxygens (including phenoxy) is 1. The van der Waals surface area contributed by atoms with Gasteiger partial charge in [-0.25, -0.2) is 4.79 Å². The van der Waals surface area contributed by atoms with Crippen molar-refractivity contribution in [3.8, 4) is 10.4 Å². The lowest BCUT2D eigenvalue weighted by Crippen LogP contribution is -2.22. The van der Waals surface area contributed by atoms with Gasteiger partial charge in [0, 0.05) is 41.2 Å². The summed E-state index contributed by atoms with van der Waals surface area (Å²) in [6, 6.07) is 20.4. The van der Waals surface area contributed by atoms with Crippen molar-refractivity contribution in [3.63, 3.8) is 0 Å². The molecular weight excluding hydrogens is 412 g/mol. The fourth-order valence-electron chi connectivity index (χ4n) is 2.69. The van der Waals surface area contributed by atoms with Gasteiger partial charge < -0.3 is 15.0 Å². The van der Waals surface area contributed by atoms with Crippen LogP contribution in [0.4, 0.5) is 5.69 Å². The van der Waals surface area contributed by atoms with Crippen LogP contribution in [0.3, 0.4) is 0 Å². The molecule has 0 aliphatic heterocycles. The first-order valence-corrected chi connectivity index (χ1v) is 10.4. The summed E-state index contributed by atoms with van der Waals surface area (Å²) in [6.45, 7) is -0.402. The summed E-state index contributed by atoms with van der Waals surface area (Å²) < 4.78 is 4.99. The third-order valence-electron chi connectivity index (χ3n) is 4.24. The quantitative estimate of drug-likeness (QED) is 0.444. The standard InChI is InChI=1S/C24H22N2O4S/c1-26(2)24(29)18-8-10-19(11-9-18)25-22(27)16-30-23(28)15-13-20-12-14-21(31-20)17-6-4-3-5-7-17/h3-15H,16H2,1-2H3,(H,25,27)/b15-13+. The lowest BCUT2D eigenvalue weighted by atomic mass is 10.2. The van der Waals surface area contributed by atoms with Crippen LogP contribution in [-0.4, -0.2) is 43.4 Å². The van der Waals surface area contributed by atoms with Crippen LogP contribution >= 0.6 is 11.3 Å². The predicted molar refractivity (Wildman–Crippen MR) is 123 cm³/mol. The molecule has 2 aromatic carbocycles. The zero-order valence-electron chi connectivity index (χ0n) is 17.2. The van der Waals surface area contributed by atoms with E-state index in [0.717, 1.165) is 15.3 Å². The van der Waals surface area contributed by atoms with Crippen molar-refractivity contribution >= 4 is 40.9 Å². The number of benzene rings is 2. The highest BCUT2D eigenvalue weighted by Crippen LogP contribution is 2.28. The molecule has 0 spiro atoms. The normalized spacial score (nSPS) is 10.6. The molecule has 2 amide bonds. The molecule has 31 heavy (non-hydrogen) atoms. The Morgan fingerprint density at radius 2 is 1.68 bits per heavy atom. The van der Waals surface area contributed by atoms with E-state index in [1.807, 2.05) is 42.5 Å². The van der Waals surface area contributed by atoms with E-state index in [0.29, 0.717) is 11.3 Å². The highest BCUT2D eigenvalue weighted by Gasteiger charge is 2.09. The molecule has 0 aliphatic rings. The lowest BCUT2D eigenvalue weighted by molar-refractivity contribution is -0.142. The van der Waals surface area contributed by atoms with Gasteiger partial charge in [0.15, 0.2) is 6.61 Å². The van der Waals surface area contributed by atoms with Crippen LogP contribution in [0.1, 0.15) is 15.2 Å². The first-order valence-electron chi connectivity index (χ1n) is 9.54. The van der Waals surface area contributed by atoms with Gasteiger partial charge in [-0.2, -0.15) is 0 Å². The molecule has 1 heterocycles. The number of anilines is 1. The van der Waals surface area contributed by atoms with Gasteiger partial charge in [-0.05, 0) is 48.0 Å². The molecule has 6 nitrogen and oxygen atoms in total. The summed E-state index contributed by atoms with van der Waals surface area (Å²) in [6.07, 6.45) is 2.97. The average molecular weight is 435 g/mol. The van der Waals surface area contributed by atoms with Crippen molar-refractivity contribution in [1.82, 2.24) is 4.90 Å². The number of hydrogen-bond acceptors (Lipinski definition) is 5. The van der Waals surface area contributed by atoms with E-state index in [-0.39, 0.29) is 5.91 Å². The maximum absolute atomic E-state index is 12.0. The number of rotatable bonds is 7. The van der Waals surface area contributed by atoms with E-state index in [9.17, 15) is 14.4 Å². The van der Waals surface area contributed by atoms with Crippen LogP contribution in [-0.2, 0) is 14.3 Å². The van der Waals surface area contributed by atoms with Gasteiger partial charge in [0.1, 0.15) is 0 Å². The van der Waals surface area contributed by atoms with Crippen LogP contribution in [0, 0.1) is 0 Å². The summed E-state index contributed by atoms with van der Waals surface area (Å²) in [5.74, 6) is -1.19. The maximum atomic E-state index is 12.0. The molecule has 0 unspecified atom stereocenters. The Hall–Kier alpha value is -3.71. The molecular formula is C24H22N2O4S. The fraction of sp³-hybridized carbons (Fsp3) is 0.125. The molecule has 0 bridgehead atoms. The summed E-state index contributed by atoms with van der Waals surface area (Å²) >= 11 is 1.56.